The smallest absolute Gasteiger partial charge is 0.407 e. The van der Waals surface area contributed by atoms with Gasteiger partial charge in [0.1, 0.15) is 6.61 Å². The standard InChI is InChI=1S/C10H20N2O3/c1-9(8-12-4-2-3-5-12)11-10(14)15-7-6-13/h9,13H,2-8H2,1H3,(H,11,14). The molecule has 5 heteroatoms. The second-order valence-electron chi connectivity index (χ2n) is 3.91. The van der Waals surface area contributed by atoms with Crippen LogP contribution in [0, 0.1) is 0 Å². The quantitative estimate of drug-likeness (QED) is 0.688. The number of carbonyl (C=O) groups excluding carboxylic acids is 1. The molecule has 0 aromatic rings. The molecule has 1 saturated heterocycles. The number of nitrogens with one attached hydrogen (secondary N) is 1. The van der Waals surface area contributed by atoms with Crippen LogP contribution in [-0.2, 0) is 4.74 Å². The summed E-state index contributed by atoms with van der Waals surface area (Å²) in [6, 6.07) is 0.0919. The average molecular weight is 216 g/mol. The lowest BCUT2D eigenvalue weighted by molar-refractivity contribution is 0.115. The minimum absolute atomic E-state index is 0.0578. The molecule has 1 atom stereocenters. The van der Waals surface area contributed by atoms with Gasteiger partial charge in [-0.15, -0.1) is 0 Å². The molecule has 0 bridgehead atoms. The Kier molecular flexibility index (Phi) is 5.42. The number of aliphatic hydroxyl groups is 1. The van der Waals surface area contributed by atoms with Crippen LogP contribution in [0.1, 0.15) is 19.8 Å². The van der Waals surface area contributed by atoms with Gasteiger partial charge in [-0.25, -0.2) is 4.79 Å². The number of likely N-dealkylation sites (tertiary alicyclic amines) is 1. The monoisotopic (exact) mass is 216 g/mol. The van der Waals surface area contributed by atoms with Crippen molar-refractivity contribution < 1.29 is 14.6 Å². The average Bonchev–Trinajstić information content (AvgIpc) is 2.67. The van der Waals surface area contributed by atoms with Crippen molar-refractivity contribution >= 4 is 6.09 Å². The van der Waals surface area contributed by atoms with Crippen LogP contribution in [0.2, 0.25) is 0 Å². The fourth-order valence-corrected chi connectivity index (χ4v) is 1.78. The number of nitrogens with zero attached hydrogens (tertiary/aromatic N) is 1. The van der Waals surface area contributed by atoms with Crippen molar-refractivity contribution in [1.82, 2.24) is 10.2 Å². The third-order valence-corrected chi connectivity index (χ3v) is 2.42. The number of aliphatic hydroxyl groups excluding tert-OH is 1. The van der Waals surface area contributed by atoms with E-state index in [0.29, 0.717) is 0 Å². The predicted molar refractivity (Wildman–Crippen MR) is 56.7 cm³/mol. The Morgan fingerprint density at radius 2 is 2.20 bits per heavy atom. The van der Waals surface area contributed by atoms with E-state index in [-0.39, 0.29) is 19.3 Å². The number of alkyl carbamates (subject to hydrolysis) is 1. The maximum atomic E-state index is 11.1. The van der Waals surface area contributed by atoms with E-state index in [4.69, 9.17) is 9.84 Å². The number of rotatable bonds is 5. The van der Waals surface area contributed by atoms with E-state index in [2.05, 4.69) is 10.2 Å². The van der Waals surface area contributed by atoms with Gasteiger partial charge in [0, 0.05) is 12.6 Å². The molecule has 1 heterocycles. The fraction of sp³-hybridized carbons (Fsp3) is 0.900. The molecule has 0 aliphatic carbocycles. The van der Waals surface area contributed by atoms with Gasteiger partial charge in [-0.05, 0) is 32.9 Å². The van der Waals surface area contributed by atoms with Crippen LogP contribution < -0.4 is 5.32 Å². The van der Waals surface area contributed by atoms with Crippen LogP contribution >= 0.6 is 0 Å². The Labute approximate surface area is 90.4 Å². The van der Waals surface area contributed by atoms with Crippen molar-refractivity contribution in [3.8, 4) is 0 Å². The van der Waals surface area contributed by atoms with E-state index in [0.717, 1.165) is 19.6 Å². The largest absolute Gasteiger partial charge is 0.447 e. The highest BCUT2D eigenvalue weighted by molar-refractivity contribution is 5.67. The molecule has 2 N–H and O–H groups in total. The summed E-state index contributed by atoms with van der Waals surface area (Å²) < 4.78 is 4.71. The molecule has 0 spiro atoms. The van der Waals surface area contributed by atoms with E-state index in [9.17, 15) is 4.79 Å². The molecular weight excluding hydrogens is 196 g/mol. The Bertz CT molecular complexity index is 193. The van der Waals surface area contributed by atoms with Crippen molar-refractivity contribution in [3.05, 3.63) is 0 Å². The predicted octanol–water partition coefficient (Wildman–Crippen LogP) is 0.189. The van der Waals surface area contributed by atoms with Gasteiger partial charge in [0.15, 0.2) is 0 Å². The Morgan fingerprint density at radius 3 is 2.80 bits per heavy atom. The highest BCUT2D eigenvalue weighted by Crippen LogP contribution is 2.07. The summed E-state index contributed by atoms with van der Waals surface area (Å²) in [5, 5.41) is 11.2. The molecule has 1 amide bonds. The van der Waals surface area contributed by atoms with Gasteiger partial charge in [0.25, 0.3) is 0 Å². The first kappa shape index (κ1) is 12.3. The molecule has 1 rings (SSSR count). The van der Waals surface area contributed by atoms with Crippen LogP contribution in [0.25, 0.3) is 0 Å². The third kappa shape index (κ3) is 4.99. The van der Waals surface area contributed by atoms with Crippen LogP contribution in [-0.4, -0.2) is 55.0 Å². The topological polar surface area (TPSA) is 61.8 Å². The van der Waals surface area contributed by atoms with Gasteiger partial charge in [-0.3, -0.25) is 0 Å². The van der Waals surface area contributed by atoms with Gasteiger partial charge in [-0.2, -0.15) is 0 Å². The molecule has 0 aromatic carbocycles. The van der Waals surface area contributed by atoms with E-state index in [1.165, 1.54) is 12.8 Å². The fourth-order valence-electron chi connectivity index (χ4n) is 1.78. The number of carbonyl (C=O) groups is 1. The van der Waals surface area contributed by atoms with E-state index in [1.54, 1.807) is 0 Å². The highest BCUT2D eigenvalue weighted by Gasteiger charge is 2.16. The molecule has 1 fully saturated rings. The minimum atomic E-state index is -0.448. The molecule has 0 saturated carbocycles. The first-order valence-corrected chi connectivity index (χ1v) is 5.49. The molecule has 1 aliphatic rings. The second kappa shape index (κ2) is 6.63. The van der Waals surface area contributed by atoms with Crippen LogP contribution in [0.5, 0.6) is 0 Å². The molecule has 1 aliphatic heterocycles. The number of hydrogen-bond acceptors (Lipinski definition) is 4. The zero-order valence-corrected chi connectivity index (χ0v) is 9.24. The first-order valence-electron chi connectivity index (χ1n) is 5.49. The van der Waals surface area contributed by atoms with E-state index in [1.807, 2.05) is 6.92 Å². The summed E-state index contributed by atoms with van der Waals surface area (Å²) in [5.74, 6) is 0. The lowest BCUT2D eigenvalue weighted by atomic mass is 10.3. The first-order chi connectivity index (χ1) is 7.22. The van der Waals surface area contributed by atoms with Crippen molar-refractivity contribution in [2.75, 3.05) is 32.8 Å². The molecule has 1 unspecified atom stereocenters. The zero-order valence-electron chi connectivity index (χ0n) is 9.24. The molecule has 5 nitrogen and oxygen atoms in total. The van der Waals surface area contributed by atoms with Gasteiger partial charge in [-0.1, -0.05) is 0 Å². The normalized spacial score (nSPS) is 18.8. The number of hydrogen-bond donors (Lipinski definition) is 2. The Hall–Kier alpha value is -0.810. The van der Waals surface area contributed by atoms with Crippen LogP contribution in [0.4, 0.5) is 4.79 Å². The lowest BCUT2D eigenvalue weighted by Gasteiger charge is -2.20. The summed E-state index contributed by atoms with van der Waals surface area (Å²) in [4.78, 5) is 13.5. The molecular formula is C10H20N2O3. The van der Waals surface area contributed by atoms with Crippen molar-refractivity contribution in [1.29, 1.82) is 0 Å². The molecule has 0 aromatic heterocycles. The maximum Gasteiger partial charge on any atom is 0.407 e. The summed E-state index contributed by atoms with van der Waals surface area (Å²) in [7, 11) is 0. The van der Waals surface area contributed by atoms with Crippen molar-refractivity contribution in [3.63, 3.8) is 0 Å². The third-order valence-electron chi connectivity index (χ3n) is 2.42. The Morgan fingerprint density at radius 1 is 1.53 bits per heavy atom. The number of ether oxygens (including phenoxy) is 1. The van der Waals surface area contributed by atoms with Crippen LogP contribution in [0.3, 0.4) is 0 Å². The van der Waals surface area contributed by atoms with Crippen LogP contribution in [0.15, 0.2) is 0 Å². The summed E-state index contributed by atoms with van der Waals surface area (Å²) in [5.41, 5.74) is 0. The highest BCUT2D eigenvalue weighted by atomic mass is 16.6. The van der Waals surface area contributed by atoms with Crippen molar-refractivity contribution in [2.45, 2.75) is 25.8 Å². The minimum Gasteiger partial charge on any atom is -0.447 e. The SMILES string of the molecule is CC(CN1CCCC1)NC(=O)OCCO. The van der Waals surface area contributed by atoms with Gasteiger partial charge in [0.2, 0.25) is 0 Å². The summed E-state index contributed by atoms with van der Waals surface area (Å²) in [6.07, 6.45) is 2.05. The van der Waals surface area contributed by atoms with Gasteiger partial charge >= 0.3 is 6.09 Å². The number of amides is 1. The molecule has 88 valence electrons. The zero-order chi connectivity index (χ0) is 11.1. The summed E-state index contributed by atoms with van der Waals surface area (Å²) in [6.45, 7) is 5.00. The van der Waals surface area contributed by atoms with Gasteiger partial charge in [0.05, 0.1) is 6.61 Å². The van der Waals surface area contributed by atoms with E-state index >= 15 is 0 Å². The molecule has 0 radical (unpaired) electrons. The maximum absolute atomic E-state index is 11.1. The second-order valence-corrected chi connectivity index (χ2v) is 3.91. The van der Waals surface area contributed by atoms with Crippen molar-refractivity contribution in [2.24, 2.45) is 0 Å². The summed E-state index contributed by atoms with van der Waals surface area (Å²) >= 11 is 0. The lowest BCUT2D eigenvalue weighted by Crippen LogP contribution is -2.41. The van der Waals surface area contributed by atoms with Gasteiger partial charge < -0.3 is 20.1 Å². The van der Waals surface area contributed by atoms with E-state index < -0.39 is 6.09 Å². The molecule has 15 heavy (non-hydrogen) atoms. The Balaban J connectivity index is 2.11.